The number of fused-ring (bicyclic) bond motifs is 4. The van der Waals surface area contributed by atoms with Crippen LogP contribution >= 0.6 is 0 Å². The van der Waals surface area contributed by atoms with Crippen molar-refractivity contribution in [3.05, 3.63) is 89.0 Å². The van der Waals surface area contributed by atoms with Gasteiger partial charge in [0.1, 0.15) is 6.61 Å². The summed E-state index contributed by atoms with van der Waals surface area (Å²) in [5, 5.41) is 9.24. The fraction of sp³-hybridized carbons (Fsp3) is 0.200. The molecule has 30 heavy (non-hydrogen) atoms. The van der Waals surface area contributed by atoms with Gasteiger partial charge in [0.2, 0.25) is 0 Å². The van der Waals surface area contributed by atoms with Gasteiger partial charge in [0.15, 0.2) is 0 Å². The van der Waals surface area contributed by atoms with Crippen LogP contribution in [0.25, 0.3) is 11.1 Å². The Bertz CT molecular complexity index is 1120. The van der Waals surface area contributed by atoms with Crippen LogP contribution in [0.5, 0.6) is 0 Å². The van der Waals surface area contributed by atoms with E-state index in [-0.39, 0.29) is 24.0 Å². The minimum atomic E-state index is -0.968. The van der Waals surface area contributed by atoms with E-state index in [0.29, 0.717) is 6.54 Å². The number of carboxylic acids is 1. The smallest absolute Gasteiger partial charge is 0.414 e. The summed E-state index contributed by atoms with van der Waals surface area (Å²) in [5.41, 5.74) is 6.55. The van der Waals surface area contributed by atoms with E-state index >= 15 is 0 Å². The number of aromatic carboxylic acids is 1. The van der Waals surface area contributed by atoms with E-state index in [4.69, 9.17) is 4.74 Å². The van der Waals surface area contributed by atoms with Gasteiger partial charge >= 0.3 is 12.1 Å². The summed E-state index contributed by atoms with van der Waals surface area (Å²) in [6, 6.07) is 21.4. The van der Waals surface area contributed by atoms with Gasteiger partial charge in [-0.15, -0.1) is 0 Å². The van der Waals surface area contributed by atoms with Crippen LogP contribution < -0.4 is 4.90 Å². The molecule has 5 heteroatoms. The van der Waals surface area contributed by atoms with Crippen molar-refractivity contribution in [2.45, 2.75) is 18.8 Å². The van der Waals surface area contributed by atoms with Gasteiger partial charge in [0.25, 0.3) is 0 Å². The van der Waals surface area contributed by atoms with E-state index in [1.807, 2.05) is 31.2 Å². The maximum Gasteiger partial charge on any atom is 0.414 e. The topological polar surface area (TPSA) is 66.8 Å². The van der Waals surface area contributed by atoms with Crippen LogP contribution in [-0.2, 0) is 4.74 Å². The highest BCUT2D eigenvalue weighted by Gasteiger charge is 2.34. The van der Waals surface area contributed by atoms with Crippen molar-refractivity contribution in [3.8, 4) is 11.1 Å². The summed E-state index contributed by atoms with van der Waals surface area (Å²) in [6.07, 6.45) is -0.398. The molecule has 1 atom stereocenters. The molecular formula is C25H21NO4. The number of rotatable bonds is 3. The van der Waals surface area contributed by atoms with Crippen LogP contribution in [0, 0.1) is 0 Å². The third kappa shape index (κ3) is 2.86. The molecule has 0 bridgehead atoms. The van der Waals surface area contributed by atoms with Gasteiger partial charge in [-0.25, -0.2) is 9.59 Å². The first-order valence-electron chi connectivity index (χ1n) is 10.0. The highest BCUT2D eigenvalue weighted by Crippen LogP contribution is 2.45. The van der Waals surface area contributed by atoms with E-state index in [2.05, 4.69) is 24.3 Å². The number of hydrogen-bond donors (Lipinski definition) is 1. The van der Waals surface area contributed by atoms with E-state index in [1.165, 1.54) is 28.3 Å². The Balaban J connectivity index is 1.38. The summed E-state index contributed by atoms with van der Waals surface area (Å²) in [5.74, 6) is -0.903. The molecule has 2 aliphatic rings. The molecule has 0 saturated carbocycles. The van der Waals surface area contributed by atoms with E-state index < -0.39 is 12.1 Å². The molecule has 0 saturated heterocycles. The number of anilines is 1. The Morgan fingerprint density at radius 3 is 2.23 bits per heavy atom. The van der Waals surface area contributed by atoms with Crippen molar-refractivity contribution in [2.24, 2.45) is 0 Å². The van der Waals surface area contributed by atoms with E-state index in [9.17, 15) is 14.7 Å². The maximum absolute atomic E-state index is 12.9. The zero-order valence-electron chi connectivity index (χ0n) is 16.5. The van der Waals surface area contributed by atoms with Gasteiger partial charge in [0.05, 0.1) is 11.3 Å². The molecule has 150 valence electrons. The van der Waals surface area contributed by atoms with Crippen LogP contribution in [-0.4, -0.2) is 30.3 Å². The molecule has 5 nitrogen and oxygen atoms in total. The molecule has 0 fully saturated rings. The van der Waals surface area contributed by atoms with Crippen LogP contribution in [0.4, 0.5) is 10.5 Å². The minimum Gasteiger partial charge on any atom is -0.478 e. The Hall–Kier alpha value is -3.60. The predicted molar refractivity (Wildman–Crippen MR) is 114 cm³/mol. The molecule has 1 aliphatic heterocycles. The fourth-order valence-corrected chi connectivity index (χ4v) is 4.64. The van der Waals surface area contributed by atoms with Crippen LogP contribution in [0.15, 0.2) is 66.7 Å². The molecule has 0 spiro atoms. The Kier molecular flexibility index (Phi) is 4.31. The van der Waals surface area contributed by atoms with Gasteiger partial charge in [-0.1, -0.05) is 55.5 Å². The number of carboxylic acid groups (broad SMARTS) is 1. The van der Waals surface area contributed by atoms with Crippen molar-refractivity contribution in [3.63, 3.8) is 0 Å². The van der Waals surface area contributed by atoms with Crippen LogP contribution in [0.1, 0.15) is 45.8 Å². The molecule has 1 unspecified atom stereocenters. The van der Waals surface area contributed by atoms with Gasteiger partial charge in [-0.05, 0) is 46.0 Å². The third-order valence-electron chi connectivity index (χ3n) is 6.11. The van der Waals surface area contributed by atoms with Gasteiger partial charge in [-0.3, -0.25) is 4.90 Å². The summed E-state index contributed by atoms with van der Waals surface area (Å²) in [4.78, 5) is 25.8. The highest BCUT2D eigenvalue weighted by molar-refractivity contribution is 5.94. The molecule has 5 rings (SSSR count). The number of hydrogen-bond acceptors (Lipinski definition) is 3. The molecule has 1 N–H and O–H groups in total. The second kappa shape index (κ2) is 7.02. The monoisotopic (exact) mass is 399 g/mol. The standard InChI is InChI=1S/C25H21NO4/c1-15-13-26(23-11-10-16(24(27)28)12-21(15)23)25(29)30-14-22-19-8-4-2-6-17(19)18-7-3-5-9-20(18)22/h2-12,15,22H,13-14H2,1H3,(H,27,28). The quantitative estimate of drug-likeness (QED) is 0.653. The van der Waals surface area contributed by atoms with Crippen LogP contribution in [0.3, 0.4) is 0 Å². The highest BCUT2D eigenvalue weighted by atomic mass is 16.6. The lowest BCUT2D eigenvalue weighted by molar-refractivity contribution is 0.0696. The Labute approximate surface area is 174 Å². The molecule has 3 aromatic carbocycles. The zero-order valence-corrected chi connectivity index (χ0v) is 16.5. The predicted octanol–water partition coefficient (Wildman–Crippen LogP) is 5.26. The van der Waals surface area contributed by atoms with E-state index in [1.54, 1.807) is 17.0 Å². The Morgan fingerprint density at radius 2 is 1.60 bits per heavy atom. The number of nitrogens with zero attached hydrogens (tertiary/aromatic N) is 1. The summed E-state index contributed by atoms with van der Waals surface area (Å²) < 4.78 is 5.78. The van der Waals surface area contributed by atoms with Gasteiger partial charge in [-0.2, -0.15) is 0 Å². The SMILES string of the molecule is CC1CN(C(=O)OCC2c3ccccc3-c3ccccc32)c2ccc(C(=O)O)cc21. The summed E-state index contributed by atoms with van der Waals surface area (Å²) in [6.45, 7) is 2.73. The normalized spacial score (nSPS) is 16.7. The molecular weight excluding hydrogens is 378 g/mol. The number of amides is 1. The molecule has 0 radical (unpaired) electrons. The maximum atomic E-state index is 12.9. The first-order valence-corrected chi connectivity index (χ1v) is 10.0. The first kappa shape index (κ1) is 18.4. The van der Waals surface area contributed by atoms with Crippen molar-refractivity contribution in [1.82, 2.24) is 0 Å². The lowest BCUT2D eigenvalue weighted by Gasteiger charge is -2.20. The minimum absolute atomic E-state index is 0.00948. The second-order valence-corrected chi connectivity index (χ2v) is 7.89. The van der Waals surface area contributed by atoms with Crippen molar-refractivity contribution >= 4 is 17.7 Å². The Morgan fingerprint density at radius 1 is 0.967 bits per heavy atom. The molecule has 1 amide bonds. The number of carbonyl (C=O) groups is 2. The number of carbonyl (C=O) groups excluding carboxylic acids is 1. The number of benzene rings is 3. The molecule has 1 heterocycles. The lowest BCUT2D eigenvalue weighted by atomic mass is 9.98. The molecule has 1 aliphatic carbocycles. The van der Waals surface area contributed by atoms with Crippen LogP contribution in [0.2, 0.25) is 0 Å². The average molecular weight is 399 g/mol. The average Bonchev–Trinajstić information content (AvgIpc) is 3.27. The van der Waals surface area contributed by atoms with Gasteiger partial charge in [0, 0.05) is 18.4 Å². The lowest BCUT2D eigenvalue weighted by Crippen LogP contribution is -2.31. The summed E-state index contributed by atoms with van der Waals surface area (Å²) in [7, 11) is 0. The molecule has 3 aromatic rings. The van der Waals surface area contributed by atoms with Gasteiger partial charge < -0.3 is 9.84 Å². The number of ether oxygens (including phenoxy) is 1. The van der Waals surface area contributed by atoms with Crippen molar-refractivity contribution in [1.29, 1.82) is 0 Å². The van der Waals surface area contributed by atoms with Crippen molar-refractivity contribution in [2.75, 3.05) is 18.1 Å². The molecule has 0 aromatic heterocycles. The third-order valence-corrected chi connectivity index (χ3v) is 6.11. The van der Waals surface area contributed by atoms with E-state index in [0.717, 1.165) is 11.3 Å². The largest absolute Gasteiger partial charge is 0.478 e. The first-order chi connectivity index (χ1) is 14.5. The second-order valence-electron chi connectivity index (χ2n) is 7.89. The summed E-state index contributed by atoms with van der Waals surface area (Å²) >= 11 is 0. The zero-order chi connectivity index (χ0) is 20.8. The van der Waals surface area contributed by atoms with Crippen molar-refractivity contribution < 1.29 is 19.4 Å². The fourth-order valence-electron chi connectivity index (χ4n) is 4.64.